The quantitative estimate of drug-likeness (QED) is 0.246. The lowest BCUT2D eigenvalue weighted by Crippen LogP contribution is -2.57. The number of thioether (sulfide) groups is 1. The zero-order valence-corrected chi connectivity index (χ0v) is 17.6. The number of carbonyl (C=O) groups excluding carboxylic acids is 1. The number of carbonyl (C=O) groups is 1. The van der Waals surface area contributed by atoms with E-state index in [0.717, 1.165) is 17.8 Å². The molecule has 1 aromatic rings. The smallest absolute Gasteiger partial charge is 0.330 e. The molecule has 1 heterocycles. The Bertz CT molecular complexity index is 837. The lowest BCUT2D eigenvalue weighted by molar-refractivity contribution is -0.209. The number of phenols is 1. The van der Waals surface area contributed by atoms with Crippen LogP contribution in [0.15, 0.2) is 35.8 Å². The number of methoxy groups -OCH3 is 1. The maximum Gasteiger partial charge on any atom is 0.330 e. The number of ether oxygens (including phenoxy) is 3. The van der Waals surface area contributed by atoms with Gasteiger partial charge in [0.05, 0.1) is 13.2 Å². The van der Waals surface area contributed by atoms with E-state index in [-0.39, 0.29) is 18.1 Å². The SMILES string of the molecule is COc1cc(C=CC(=O)OCC2OC(SC=CCCC#N)C(O)C(O)C2O)ccc1O. The van der Waals surface area contributed by atoms with Gasteiger partial charge in [-0.2, -0.15) is 5.26 Å². The highest BCUT2D eigenvalue weighted by molar-refractivity contribution is 8.02. The van der Waals surface area contributed by atoms with Gasteiger partial charge in [-0.15, -0.1) is 0 Å². The summed E-state index contributed by atoms with van der Waals surface area (Å²) in [4.78, 5) is 12.0. The van der Waals surface area contributed by atoms with Crippen LogP contribution in [0.5, 0.6) is 11.5 Å². The zero-order chi connectivity index (χ0) is 22.8. The van der Waals surface area contributed by atoms with Crippen LogP contribution >= 0.6 is 11.8 Å². The molecule has 1 fully saturated rings. The molecule has 2 rings (SSSR count). The van der Waals surface area contributed by atoms with Crippen LogP contribution in [0.4, 0.5) is 0 Å². The molecular formula is C21H25NO8S. The summed E-state index contributed by atoms with van der Waals surface area (Å²) >= 11 is 1.09. The molecular weight excluding hydrogens is 426 g/mol. The summed E-state index contributed by atoms with van der Waals surface area (Å²) in [5, 5.41) is 50.0. The molecule has 5 atom stereocenters. The Hall–Kier alpha value is -2.55. The monoisotopic (exact) mass is 451 g/mol. The Balaban J connectivity index is 1.90. The number of rotatable bonds is 9. The zero-order valence-electron chi connectivity index (χ0n) is 16.8. The molecule has 1 saturated heterocycles. The number of nitriles is 1. The van der Waals surface area contributed by atoms with Crippen molar-refractivity contribution in [2.45, 2.75) is 42.7 Å². The summed E-state index contributed by atoms with van der Waals surface area (Å²) in [6.07, 6.45) is -0.0175. The Kier molecular flexibility index (Phi) is 9.84. The van der Waals surface area contributed by atoms with E-state index in [4.69, 9.17) is 19.5 Å². The van der Waals surface area contributed by atoms with E-state index in [1.807, 2.05) is 6.07 Å². The van der Waals surface area contributed by atoms with Crippen molar-refractivity contribution >= 4 is 23.8 Å². The fourth-order valence-corrected chi connectivity index (χ4v) is 3.62. The highest BCUT2D eigenvalue weighted by atomic mass is 32.2. The number of phenolic OH excluding ortho intramolecular Hbond substituents is 1. The minimum atomic E-state index is -1.47. The van der Waals surface area contributed by atoms with Gasteiger partial charge >= 0.3 is 5.97 Å². The number of aromatic hydroxyl groups is 1. The van der Waals surface area contributed by atoms with Crippen LogP contribution in [0.2, 0.25) is 0 Å². The van der Waals surface area contributed by atoms with Crippen molar-refractivity contribution in [1.29, 1.82) is 5.26 Å². The van der Waals surface area contributed by atoms with E-state index < -0.39 is 35.8 Å². The van der Waals surface area contributed by atoms with Crippen molar-refractivity contribution < 1.29 is 39.4 Å². The van der Waals surface area contributed by atoms with E-state index in [9.17, 15) is 25.2 Å². The van der Waals surface area contributed by atoms with Crippen LogP contribution in [0, 0.1) is 11.3 Å². The molecule has 0 spiro atoms. The first-order chi connectivity index (χ1) is 14.9. The van der Waals surface area contributed by atoms with E-state index in [1.54, 1.807) is 17.6 Å². The Morgan fingerprint density at radius 1 is 1.29 bits per heavy atom. The molecule has 1 aliphatic heterocycles. The molecule has 0 amide bonds. The van der Waals surface area contributed by atoms with Crippen molar-refractivity contribution in [3.05, 3.63) is 41.3 Å². The molecule has 0 aliphatic carbocycles. The largest absolute Gasteiger partial charge is 0.504 e. The second-order valence-corrected chi connectivity index (χ2v) is 7.62. The maximum absolute atomic E-state index is 12.0. The Morgan fingerprint density at radius 2 is 2.06 bits per heavy atom. The number of aliphatic hydroxyl groups is 3. The minimum absolute atomic E-state index is 0.0289. The normalized spacial score (nSPS) is 26.1. The van der Waals surface area contributed by atoms with Gasteiger partial charge in [0.2, 0.25) is 0 Å². The average molecular weight is 451 g/mol. The predicted molar refractivity (Wildman–Crippen MR) is 113 cm³/mol. The predicted octanol–water partition coefficient (Wildman–Crippen LogP) is 1.32. The van der Waals surface area contributed by atoms with Gasteiger partial charge in [-0.25, -0.2) is 4.79 Å². The van der Waals surface area contributed by atoms with E-state index in [1.165, 1.54) is 25.3 Å². The third kappa shape index (κ3) is 7.27. The maximum atomic E-state index is 12.0. The minimum Gasteiger partial charge on any atom is -0.504 e. The second-order valence-electron chi connectivity index (χ2n) is 6.61. The van der Waals surface area contributed by atoms with Gasteiger partial charge in [-0.1, -0.05) is 23.9 Å². The fraction of sp³-hybridized carbons (Fsp3) is 0.429. The summed E-state index contributed by atoms with van der Waals surface area (Å²) in [5.41, 5.74) is -0.279. The molecule has 168 valence electrons. The van der Waals surface area contributed by atoms with Gasteiger partial charge < -0.3 is 34.6 Å². The number of benzene rings is 1. The van der Waals surface area contributed by atoms with Crippen molar-refractivity contribution in [1.82, 2.24) is 0 Å². The summed E-state index contributed by atoms with van der Waals surface area (Å²) < 4.78 is 15.7. The molecule has 10 heteroatoms. The fourth-order valence-electron chi connectivity index (χ4n) is 2.69. The van der Waals surface area contributed by atoms with Crippen LogP contribution in [0.1, 0.15) is 18.4 Å². The molecule has 0 bridgehead atoms. The molecule has 4 N–H and O–H groups in total. The Labute approximate surface area is 184 Å². The van der Waals surface area contributed by atoms with Crippen LogP contribution in [0.25, 0.3) is 6.08 Å². The van der Waals surface area contributed by atoms with Gasteiger partial charge in [-0.05, 0) is 35.6 Å². The third-order valence-corrected chi connectivity index (χ3v) is 5.41. The van der Waals surface area contributed by atoms with Gasteiger partial charge in [0.15, 0.2) is 11.5 Å². The first kappa shape index (κ1) is 24.7. The van der Waals surface area contributed by atoms with Crippen LogP contribution in [-0.4, -0.2) is 70.0 Å². The summed E-state index contributed by atoms with van der Waals surface area (Å²) in [7, 11) is 1.41. The van der Waals surface area contributed by atoms with Crippen molar-refractivity contribution in [2.75, 3.05) is 13.7 Å². The van der Waals surface area contributed by atoms with Gasteiger partial charge in [0, 0.05) is 12.5 Å². The number of unbranched alkanes of at least 4 members (excludes halogenated alkanes) is 1. The van der Waals surface area contributed by atoms with E-state index in [0.29, 0.717) is 18.4 Å². The average Bonchev–Trinajstić information content (AvgIpc) is 2.77. The topological polar surface area (TPSA) is 149 Å². The highest BCUT2D eigenvalue weighted by Gasteiger charge is 2.44. The van der Waals surface area contributed by atoms with Crippen LogP contribution in [-0.2, 0) is 14.3 Å². The summed E-state index contributed by atoms with van der Waals surface area (Å²) in [6.45, 7) is -0.331. The molecule has 9 nitrogen and oxygen atoms in total. The standard InChI is InChI=1S/C21H25NO8S/c1-28-15-11-13(5-7-14(15)23)6-8-17(24)29-12-16-18(25)19(26)20(27)21(30-16)31-10-4-2-3-9-22/h4-8,10-11,16,18-21,23,25-27H,2-3,12H2,1H3. The number of hydrogen-bond acceptors (Lipinski definition) is 10. The van der Waals surface area contributed by atoms with Crippen LogP contribution < -0.4 is 4.74 Å². The van der Waals surface area contributed by atoms with Gasteiger partial charge in [0.25, 0.3) is 0 Å². The summed E-state index contributed by atoms with van der Waals surface area (Å²) in [6, 6.07) is 6.55. The highest BCUT2D eigenvalue weighted by Crippen LogP contribution is 2.30. The van der Waals surface area contributed by atoms with E-state index in [2.05, 4.69) is 0 Å². The lowest BCUT2D eigenvalue weighted by Gasteiger charge is -2.39. The van der Waals surface area contributed by atoms with Gasteiger partial charge in [-0.3, -0.25) is 0 Å². The number of esters is 1. The van der Waals surface area contributed by atoms with E-state index >= 15 is 0 Å². The lowest BCUT2D eigenvalue weighted by atomic mass is 10.0. The number of aliphatic hydroxyl groups excluding tert-OH is 3. The number of nitrogens with zero attached hydrogens (tertiary/aromatic N) is 1. The summed E-state index contributed by atoms with van der Waals surface area (Å²) in [5.74, 6) is -0.477. The molecule has 1 aliphatic rings. The Morgan fingerprint density at radius 3 is 2.77 bits per heavy atom. The van der Waals surface area contributed by atoms with Crippen molar-refractivity contribution in [3.63, 3.8) is 0 Å². The molecule has 0 radical (unpaired) electrons. The first-order valence-corrected chi connectivity index (χ1v) is 10.4. The van der Waals surface area contributed by atoms with Gasteiger partial charge in [0.1, 0.15) is 36.5 Å². The number of hydrogen-bond donors (Lipinski definition) is 4. The number of allylic oxidation sites excluding steroid dienone is 1. The molecule has 31 heavy (non-hydrogen) atoms. The molecule has 0 aromatic heterocycles. The van der Waals surface area contributed by atoms with Crippen molar-refractivity contribution in [2.24, 2.45) is 0 Å². The first-order valence-electron chi connectivity index (χ1n) is 9.46. The van der Waals surface area contributed by atoms with Crippen LogP contribution in [0.3, 0.4) is 0 Å². The van der Waals surface area contributed by atoms with Crippen molar-refractivity contribution in [3.8, 4) is 17.6 Å². The molecule has 1 aromatic carbocycles. The molecule has 0 saturated carbocycles. The second kappa shape index (κ2) is 12.3. The molecule has 5 unspecified atom stereocenters. The third-order valence-electron chi connectivity index (χ3n) is 4.41.